The van der Waals surface area contributed by atoms with Gasteiger partial charge in [0.1, 0.15) is 0 Å². The molecule has 1 heteroatoms. The van der Waals surface area contributed by atoms with Gasteiger partial charge in [-0.05, 0) is 128 Å². The van der Waals surface area contributed by atoms with Crippen LogP contribution in [0, 0.1) is 0 Å². The quantitative estimate of drug-likeness (QED) is 0.0679. The maximum Gasteiger partial charge on any atom is 0.0655 e. The van der Waals surface area contributed by atoms with Gasteiger partial charge < -0.3 is 0 Å². The summed E-state index contributed by atoms with van der Waals surface area (Å²) in [5, 5.41) is 14.0. The van der Waals surface area contributed by atoms with Crippen molar-refractivity contribution in [3.8, 4) is 33.4 Å². The van der Waals surface area contributed by atoms with Crippen molar-refractivity contribution in [3.63, 3.8) is 0 Å². The van der Waals surface area contributed by atoms with Gasteiger partial charge in [-0.25, -0.2) is 0 Å². The van der Waals surface area contributed by atoms with Gasteiger partial charge in [-0.15, -0.1) is 0 Å². The number of aliphatic imine (C=N–C) groups is 1. The molecule has 0 aliphatic carbocycles. The lowest BCUT2D eigenvalue weighted by Crippen LogP contribution is -2.26. The highest BCUT2D eigenvalue weighted by Gasteiger charge is 2.19. The lowest BCUT2D eigenvalue weighted by molar-refractivity contribution is 1.44. The van der Waals surface area contributed by atoms with Crippen LogP contribution in [0.1, 0.15) is 5.56 Å². The normalized spacial score (nSPS) is 12.5. The fraction of sp³-hybridized carbons (Fsp3) is 0.0185. The van der Waals surface area contributed by atoms with Crippen LogP contribution in [0.25, 0.3) is 99.9 Å². The van der Waals surface area contributed by atoms with E-state index in [0.717, 1.165) is 38.2 Å². The van der Waals surface area contributed by atoms with Crippen LogP contribution in [-0.2, 0) is 0 Å². The minimum absolute atomic E-state index is 0.920. The number of hydrogen-bond acceptors (Lipinski definition) is 1. The molecule has 0 spiro atoms. The first kappa shape index (κ1) is 33.7. The fourth-order valence-corrected chi connectivity index (χ4v) is 8.36. The number of nitrogens with zero attached hydrogens (tertiary/aromatic N) is 1. The van der Waals surface area contributed by atoms with E-state index in [-0.39, 0.29) is 0 Å². The highest BCUT2D eigenvalue weighted by Crippen LogP contribution is 2.42. The van der Waals surface area contributed by atoms with E-state index in [2.05, 4.69) is 184 Å². The van der Waals surface area contributed by atoms with Crippen LogP contribution in [0.2, 0.25) is 0 Å². The summed E-state index contributed by atoms with van der Waals surface area (Å²) in [7, 11) is 1.87. The molecule has 0 heterocycles. The minimum Gasteiger partial charge on any atom is -0.288 e. The van der Waals surface area contributed by atoms with Crippen LogP contribution in [0.3, 0.4) is 0 Å². The van der Waals surface area contributed by atoms with Crippen molar-refractivity contribution in [1.29, 1.82) is 0 Å². The molecule has 0 aromatic heterocycles. The standard InChI is InChI=1S/C54H39N/c1-5-7-22-52(55-4)54-47-21-14-13-20-46(47)53(48-30-28-40(33-51(48)54)36-16-9-8-10-17-36)42-26-24-38-31-41(25-23-39(38)32-42)49-34-50-44(35(3)43(49)15-6-2)29-27-37-18-11-12-19-45(37)50/h5-34H,1-3H2,4H3/b22-7-,43-15+,55-52?. The number of hydrogen-bond donors (Lipinski definition) is 0. The predicted molar refractivity (Wildman–Crippen MR) is 242 cm³/mol. The third kappa shape index (κ3) is 5.78. The molecule has 260 valence electrons. The van der Waals surface area contributed by atoms with Gasteiger partial charge in [0.05, 0.1) is 5.71 Å². The lowest BCUT2D eigenvalue weighted by Gasteiger charge is -2.19. The first-order valence-electron chi connectivity index (χ1n) is 18.7. The van der Waals surface area contributed by atoms with Crippen molar-refractivity contribution in [2.45, 2.75) is 0 Å². The topological polar surface area (TPSA) is 12.4 Å². The summed E-state index contributed by atoms with van der Waals surface area (Å²) in [6.45, 7) is 12.6. The number of rotatable bonds is 7. The summed E-state index contributed by atoms with van der Waals surface area (Å²) in [5.74, 6) is 0. The molecule has 9 rings (SSSR count). The molecule has 0 radical (unpaired) electrons. The number of benzene rings is 9. The molecule has 0 bridgehead atoms. The Bertz CT molecular complexity index is 3200. The highest BCUT2D eigenvalue weighted by molar-refractivity contribution is 6.29. The summed E-state index contributed by atoms with van der Waals surface area (Å²) >= 11 is 0. The Morgan fingerprint density at radius 1 is 0.491 bits per heavy atom. The average Bonchev–Trinajstić information content (AvgIpc) is 3.24. The zero-order valence-electron chi connectivity index (χ0n) is 30.9. The molecular formula is C54H39N. The van der Waals surface area contributed by atoms with Gasteiger partial charge in [0, 0.05) is 12.6 Å². The highest BCUT2D eigenvalue weighted by atomic mass is 14.7. The van der Waals surface area contributed by atoms with Crippen LogP contribution in [-0.4, -0.2) is 12.8 Å². The van der Waals surface area contributed by atoms with Gasteiger partial charge in [-0.1, -0.05) is 171 Å². The third-order valence-corrected chi connectivity index (χ3v) is 10.9. The Morgan fingerprint density at radius 3 is 1.89 bits per heavy atom. The Morgan fingerprint density at radius 2 is 1.13 bits per heavy atom. The number of allylic oxidation sites excluding steroid dienone is 4. The molecule has 55 heavy (non-hydrogen) atoms. The van der Waals surface area contributed by atoms with Gasteiger partial charge in [0.25, 0.3) is 0 Å². The van der Waals surface area contributed by atoms with Gasteiger partial charge in [-0.2, -0.15) is 0 Å². The van der Waals surface area contributed by atoms with Gasteiger partial charge in [-0.3, -0.25) is 4.99 Å². The minimum atomic E-state index is 0.920. The Hall–Kier alpha value is -7.09. The summed E-state index contributed by atoms with van der Waals surface area (Å²) in [6, 6.07) is 55.2. The van der Waals surface area contributed by atoms with Crippen molar-refractivity contribution in [1.82, 2.24) is 0 Å². The Kier molecular flexibility index (Phi) is 8.61. The summed E-state index contributed by atoms with van der Waals surface area (Å²) in [6.07, 6.45) is 9.78. The van der Waals surface area contributed by atoms with Crippen molar-refractivity contribution in [2.24, 2.45) is 4.99 Å². The van der Waals surface area contributed by atoms with Crippen molar-refractivity contribution < 1.29 is 0 Å². The molecule has 0 unspecified atom stereocenters. The Labute approximate surface area is 321 Å². The molecule has 0 saturated heterocycles. The van der Waals surface area contributed by atoms with E-state index in [4.69, 9.17) is 4.99 Å². The van der Waals surface area contributed by atoms with Crippen LogP contribution in [0.5, 0.6) is 0 Å². The van der Waals surface area contributed by atoms with Crippen molar-refractivity contribution >= 4 is 72.2 Å². The van der Waals surface area contributed by atoms with Crippen LogP contribution in [0.4, 0.5) is 0 Å². The largest absolute Gasteiger partial charge is 0.288 e. The van der Waals surface area contributed by atoms with Crippen molar-refractivity contribution in [3.05, 3.63) is 205 Å². The Balaban J connectivity index is 1.26. The van der Waals surface area contributed by atoms with E-state index in [1.807, 2.05) is 19.2 Å². The first-order chi connectivity index (χ1) is 27.1. The van der Waals surface area contributed by atoms with Crippen LogP contribution < -0.4 is 10.4 Å². The molecule has 0 amide bonds. The lowest BCUT2D eigenvalue weighted by atomic mass is 9.85. The first-order valence-corrected chi connectivity index (χ1v) is 18.7. The maximum absolute atomic E-state index is 4.80. The second-order valence-corrected chi connectivity index (χ2v) is 14.0. The molecule has 0 aliphatic heterocycles. The molecule has 0 fully saturated rings. The van der Waals surface area contributed by atoms with E-state index >= 15 is 0 Å². The zero-order valence-corrected chi connectivity index (χ0v) is 30.9. The molecular weight excluding hydrogens is 663 g/mol. The summed E-state index contributed by atoms with van der Waals surface area (Å²) in [5.41, 5.74) is 9.10. The molecule has 9 aromatic rings. The molecule has 0 N–H and O–H groups in total. The fourth-order valence-electron chi connectivity index (χ4n) is 8.36. The summed E-state index contributed by atoms with van der Waals surface area (Å²) in [4.78, 5) is 4.80. The van der Waals surface area contributed by atoms with Gasteiger partial charge in [0.15, 0.2) is 0 Å². The van der Waals surface area contributed by atoms with Gasteiger partial charge >= 0.3 is 0 Å². The van der Waals surface area contributed by atoms with E-state index < -0.39 is 0 Å². The molecule has 0 atom stereocenters. The van der Waals surface area contributed by atoms with Crippen molar-refractivity contribution in [2.75, 3.05) is 7.05 Å². The monoisotopic (exact) mass is 701 g/mol. The molecule has 9 aromatic carbocycles. The van der Waals surface area contributed by atoms with E-state index in [1.54, 1.807) is 6.08 Å². The maximum atomic E-state index is 4.80. The number of fused-ring (bicyclic) bond motifs is 6. The predicted octanol–water partition coefficient (Wildman–Crippen LogP) is 13.0. The smallest absolute Gasteiger partial charge is 0.0655 e. The van der Waals surface area contributed by atoms with E-state index in [0.29, 0.717) is 0 Å². The van der Waals surface area contributed by atoms with E-state index in [9.17, 15) is 0 Å². The molecule has 1 nitrogen and oxygen atoms in total. The zero-order chi connectivity index (χ0) is 37.5. The third-order valence-electron chi connectivity index (χ3n) is 10.9. The summed E-state index contributed by atoms with van der Waals surface area (Å²) < 4.78 is 0. The second kappa shape index (κ2) is 14.0. The van der Waals surface area contributed by atoms with Crippen LogP contribution in [0.15, 0.2) is 194 Å². The molecule has 0 saturated carbocycles. The van der Waals surface area contributed by atoms with Crippen LogP contribution >= 0.6 is 0 Å². The average molecular weight is 702 g/mol. The second-order valence-electron chi connectivity index (χ2n) is 14.0. The molecule has 0 aliphatic rings. The SMILES string of the molecule is C=C/C=C\C(=NC)c1c2ccccc2c(-c2ccc3cc(-c4cc5c(ccc6ccccc65)c(=C)/c4=C\C=C)ccc3c2)c2ccc(-c3ccccc3)cc12. The van der Waals surface area contributed by atoms with E-state index in [1.165, 1.54) is 70.7 Å². The van der Waals surface area contributed by atoms with Gasteiger partial charge in [0.2, 0.25) is 0 Å².